The highest BCUT2D eigenvalue weighted by molar-refractivity contribution is 7.15. The number of methoxy groups -OCH3 is 1. The van der Waals surface area contributed by atoms with Crippen LogP contribution >= 0.6 is 11.3 Å². The second-order valence-corrected chi connectivity index (χ2v) is 8.44. The zero-order valence-electron chi connectivity index (χ0n) is 17.5. The van der Waals surface area contributed by atoms with E-state index < -0.39 is 0 Å². The monoisotopic (exact) mass is 419 g/mol. The van der Waals surface area contributed by atoms with Crippen molar-refractivity contribution in [1.82, 2.24) is 15.2 Å². The van der Waals surface area contributed by atoms with Gasteiger partial charge in [0, 0.05) is 31.8 Å². The van der Waals surface area contributed by atoms with Crippen LogP contribution in [0.3, 0.4) is 0 Å². The van der Waals surface area contributed by atoms with Gasteiger partial charge in [-0.25, -0.2) is 4.98 Å². The van der Waals surface area contributed by atoms with Gasteiger partial charge in [0.1, 0.15) is 0 Å². The van der Waals surface area contributed by atoms with Gasteiger partial charge in [0.15, 0.2) is 0 Å². The Labute approximate surface area is 175 Å². The molecule has 7 nitrogen and oxygen atoms in total. The molecule has 1 saturated heterocycles. The predicted molar refractivity (Wildman–Crippen MR) is 114 cm³/mol. The molecule has 2 atom stereocenters. The van der Waals surface area contributed by atoms with Crippen LogP contribution < -0.4 is 5.32 Å². The van der Waals surface area contributed by atoms with Crippen molar-refractivity contribution in [2.75, 3.05) is 20.2 Å². The quantitative estimate of drug-likeness (QED) is 0.724. The predicted octanol–water partition coefficient (Wildman–Crippen LogP) is 2.97. The van der Waals surface area contributed by atoms with E-state index in [1.165, 1.54) is 0 Å². The number of amides is 1. The van der Waals surface area contributed by atoms with Gasteiger partial charge in [-0.05, 0) is 45.4 Å². The summed E-state index contributed by atoms with van der Waals surface area (Å²) in [5.41, 5.74) is 2.72. The van der Waals surface area contributed by atoms with E-state index in [1.54, 1.807) is 18.4 Å². The molecule has 1 aromatic carbocycles. The lowest BCUT2D eigenvalue weighted by atomic mass is 10.1. The van der Waals surface area contributed by atoms with Crippen molar-refractivity contribution >= 4 is 23.7 Å². The molecule has 0 bridgehead atoms. The average Bonchev–Trinajstić information content (AvgIpc) is 3.25. The van der Waals surface area contributed by atoms with Crippen LogP contribution in [0.15, 0.2) is 24.3 Å². The van der Waals surface area contributed by atoms with Crippen LogP contribution in [0.5, 0.6) is 0 Å². The molecule has 1 amide bonds. The molecule has 8 heteroatoms. The van der Waals surface area contributed by atoms with Crippen LogP contribution in [0.4, 0.5) is 0 Å². The Bertz CT molecular complexity index is 837. The molecule has 0 saturated carbocycles. The van der Waals surface area contributed by atoms with Crippen molar-refractivity contribution < 1.29 is 19.4 Å². The fourth-order valence-electron chi connectivity index (χ4n) is 3.45. The number of aryl methyl sites for hydroxylation is 2. The Morgan fingerprint density at radius 2 is 2.07 bits per heavy atom. The number of nitrogens with zero attached hydrogens (tertiary/aromatic N) is 2. The second kappa shape index (κ2) is 10.5. The second-order valence-electron chi connectivity index (χ2n) is 7.24. The van der Waals surface area contributed by atoms with Crippen molar-refractivity contribution in [1.29, 1.82) is 0 Å². The van der Waals surface area contributed by atoms with Crippen LogP contribution in [0.1, 0.15) is 34.9 Å². The molecule has 29 heavy (non-hydrogen) atoms. The lowest BCUT2D eigenvalue weighted by molar-refractivity contribution is -0.122. The number of likely N-dealkylation sites (tertiary alicyclic amines) is 1. The first-order valence-corrected chi connectivity index (χ1v) is 10.3. The van der Waals surface area contributed by atoms with E-state index in [0.29, 0.717) is 11.6 Å². The number of benzene rings is 1. The number of carboxylic acid groups (broad SMARTS) is 1. The minimum Gasteiger partial charge on any atom is -0.483 e. The summed E-state index contributed by atoms with van der Waals surface area (Å²) in [7, 11) is 1.71. The maximum atomic E-state index is 12.8. The van der Waals surface area contributed by atoms with Gasteiger partial charge in [-0.1, -0.05) is 12.1 Å². The molecule has 0 aliphatic carbocycles. The normalized spacial score (nSPS) is 19.0. The average molecular weight is 420 g/mol. The Morgan fingerprint density at radius 1 is 1.38 bits per heavy atom. The standard InChI is InChI=1S/C20H27N3O2S.CH2O2/c1-12(2)23-10-17(18(11-23)25-5)22-20(24)16-8-6-7-15(9-16)19-13(3)21-14(4)26-19;2-1-3/h6-9,12,17-18H,10-11H2,1-5H3,(H,22,24);1H,(H,2,3)/t17-,18-;/m0./s1. The molecule has 0 radical (unpaired) electrons. The Balaban J connectivity index is 0.000000941. The topological polar surface area (TPSA) is 91.8 Å². The highest BCUT2D eigenvalue weighted by atomic mass is 32.1. The summed E-state index contributed by atoms with van der Waals surface area (Å²) < 4.78 is 5.59. The molecule has 2 aromatic rings. The highest BCUT2D eigenvalue weighted by Gasteiger charge is 2.35. The maximum absolute atomic E-state index is 12.8. The molecular weight excluding hydrogens is 390 g/mol. The van der Waals surface area contributed by atoms with Crippen molar-refractivity contribution in [3.05, 3.63) is 40.5 Å². The molecule has 1 aliphatic heterocycles. The molecule has 0 unspecified atom stereocenters. The van der Waals surface area contributed by atoms with Gasteiger partial charge < -0.3 is 15.2 Å². The minimum absolute atomic E-state index is 0.00550. The van der Waals surface area contributed by atoms with Crippen molar-refractivity contribution in [3.8, 4) is 10.4 Å². The van der Waals surface area contributed by atoms with E-state index in [9.17, 15) is 4.79 Å². The fourth-order valence-corrected chi connectivity index (χ4v) is 4.37. The number of rotatable bonds is 5. The number of carbonyl (C=O) groups excluding carboxylic acids is 1. The molecule has 1 aliphatic rings. The van der Waals surface area contributed by atoms with Gasteiger partial charge in [0.2, 0.25) is 0 Å². The van der Waals surface area contributed by atoms with E-state index in [0.717, 1.165) is 34.2 Å². The van der Waals surface area contributed by atoms with Crippen LogP contribution in [0, 0.1) is 13.8 Å². The molecule has 2 heterocycles. The third kappa shape index (κ3) is 5.85. The third-order valence-corrected chi connectivity index (χ3v) is 6.06. The smallest absolute Gasteiger partial charge is 0.290 e. The number of carbonyl (C=O) groups is 2. The van der Waals surface area contributed by atoms with E-state index >= 15 is 0 Å². The summed E-state index contributed by atoms with van der Waals surface area (Å²) >= 11 is 1.66. The molecule has 3 rings (SSSR count). The molecule has 0 spiro atoms. The highest BCUT2D eigenvalue weighted by Crippen LogP contribution is 2.30. The van der Waals surface area contributed by atoms with Crippen LogP contribution in [-0.4, -0.2) is 65.8 Å². The zero-order valence-corrected chi connectivity index (χ0v) is 18.3. The van der Waals surface area contributed by atoms with Crippen molar-refractivity contribution in [2.45, 2.75) is 45.9 Å². The summed E-state index contributed by atoms with van der Waals surface area (Å²) in [6.07, 6.45) is 0.0240. The van der Waals surface area contributed by atoms with Gasteiger partial charge in [-0.2, -0.15) is 0 Å². The van der Waals surface area contributed by atoms with Gasteiger partial charge in [-0.3, -0.25) is 14.5 Å². The minimum atomic E-state index is -0.250. The van der Waals surface area contributed by atoms with E-state index in [1.807, 2.05) is 38.1 Å². The van der Waals surface area contributed by atoms with Crippen LogP contribution in [0.25, 0.3) is 10.4 Å². The number of nitrogens with one attached hydrogen (secondary N) is 1. The Kier molecular flexibility index (Phi) is 8.31. The molecule has 2 N–H and O–H groups in total. The fraction of sp³-hybridized carbons (Fsp3) is 0.476. The van der Waals surface area contributed by atoms with Gasteiger partial charge >= 0.3 is 0 Å². The number of hydrogen-bond donors (Lipinski definition) is 2. The summed E-state index contributed by atoms with van der Waals surface area (Å²) in [5.74, 6) is -0.0524. The SMILES string of the molecule is CO[C@H]1CN(C(C)C)C[C@@H]1NC(=O)c1cccc(-c2sc(C)nc2C)c1.O=CO. The van der Waals surface area contributed by atoms with Gasteiger partial charge in [0.25, 0.3) is 12.4 Å². The molecule has 1 aromatic heterocycles. The van der Waals surface area contributed by atoms with Gasteiger partial charge in [0.05, 0.1) is 27.7 Å². The number of aromatic nitrogens is 1. The first kappa shape index (κ1) is 23.0. The lowest BCUT2D eigenvalue weighted by Crippen LogP contribution is -2.43. The first-order valence-electron chi connectivity index (χ1n) is 9.50. The van der Waals surface area contributed by atoms with E-state index in [4.69, 9.17) is 14.6 Å². The first-order chi connectivity index (χ1) is 13.8. The summed E-state index contributed by atoms with van der Waals surface area (Å²) in [6, 6.07) is 8.22. The molecule has 1 fully saturated rings. The number of hydrogen-bond acceptors (Lipinski definition) is 6. The Hall–Kier alpha value is -2.29. The third-order valence-electron chi connectivity index (χ3n) is 4.93. The van der Waals surface area contributed by atoms with Crippen LogP contribution in [-0.2, 0) is 9.53 Å². The van der Waals surface area contributed by atoms with E-state index in [2.05, 4.69) is 29.0 Å². The molecular formula is C21H29N3O4S. The van der Waals surface area contributed by atoms with Crippen molar-refractivity contribution in [3.63, 3.8) is 0 Å². The summed E-state index contributed by atoms with van der Waals surface area (Å²) in [6.45, 7) is 9.75. The zero-order chi connectivity index (χ0) is 21.6. The number of thiazole rings is 1. The Morgan fingerprint density at radius 3 is 2.62 bits per heavy atom. The largest absolute Gasteiger partial charge is 0.483 e. The van der Waals surface area contributed by atoms with Gasteiger partial charge in [-0.15, -0.1) is 11.3 Å². The van der Waals surface area contributed by atoms with E-state index in [-0.39, 0.29) is 24.5 Å². The summed E-state index contributed by atoms with van der Waals surface area (Å²) in [4.78, 5) is 29.1. The summed E-state index contributed by atoms with van der Waals surface area (Å²) in [5, 5.41) is 11.1. The van der Waals surface area contributed by atoms with Crippen molar-refractivity contribution in [2.24, 2.45) is 0 Å². The maximum Gasteiger partial charge on any atom is 0.290 e. The van der Waals surface area contributed by atoms with Crippen LogP contribution in [0.2, 0.25) is 0 Å². The lowest BCUT2D eigenvalue weighted by Gasteiger charge is -2.20. The number of ether oxygens (including phenoxy) is 1. The molecule has 158 valence electrons.